The maximum absolute atomic E-state index is 12.9. The van der Waals surface area contributed by atoms with Crippen LogP contribution < -0.4 is 5.73 Å². The van der Waals surface area contributed by atoms with E-state index in [0.29, 0.717) is 13.1 Å². The fourth-order valence-electron chi connectivity index (χ4n) is 3.27. The van der Waals surface area contributed by atoms with Crippen LogP contribution in [0.4, 0.5) is 0 Å². The number of rotatable bonds is 5. The summed E-state index contributed by atoms with van der Waals surface area (Å²) in [7, 11) is -3.33. The summed E-state index contributed by atoms with van der Waals surface area (Å²) in [6, 6.07) is 0. The van der Waals surface area contributed by atoms with E-state index < -0.39 is 14.8 Å². The first-order chi connectivity index (χ1) is 9.14. The van der Waals surface area contributed by atoms with E-state index in [1.165, 1.54) is 6.42 Å². The molecular formula is C15H32N2O2S. The Balaban J connectivity index is 3.09. The van der Waals surface area contributed by atoms with Crippen molar-refractivity contribution < 1.29 is 8.42 Å². The lowest BCUT2D eigenvalue weighted by molar-refractivity contribution is 0.112. The smallest absolute Gasteiger partial charge is 0.219 e. The predicted molar refractivity (Wildman–Crippen MR) is 85.1 cm³/mol. The van der Waals surface area contributed by atoms with Crippen molar-refractivity contribution in [3.05, 3.63) is 0 Å². The zero-order valence-electron chi connectivity index (χ0n) is 13.8. The van der Waals surface area contributed by atoms with Gasteiger partial charge in [-0.2, -0.15) is 4.31 Å². The van der Waals surface area contributed by atoms with Gasteiger partial charge in [-0.1, -0.05) is 20.3 Å². The van der Waals surface area contributed by atoms with Crippen LogP contribution in [0.3, 0.4) is 0 Å². The molecule has 0 radical (unpaired) electrons. The molecule has 0 heterocycles. The van der Waals surface area contributed by atoms with Gasteiger partial charge < -0.3 is 5.73 Å². The zero-order valence-corrected chi connectivity index (χ0v) is 14.6. The lowest BCUT2D eigenvalue weighted by Crippen LogP contribution is -2.60. The molecule has 0 atom stereocenters. The summed E-state index contributed by atoms with van der Waals surface area (Å²) in [5, 5.41) is 0. The molecule has 0 unspecified atom stereocenters. The first-order valence-corrected chi connectivity index (χ1v) is 9.31. The minimum Gasteiger partial charge on any atom is -0.329 e. The molecule has 1 rings (SSSR count). The number of nitrogens with two attached hydrogens (primary N) is 1. The molecule has 0 aliphatic heterocycles. The molecule has 1 saturated carbocycles. The van der Waals surface area contributed by atoms with Gasteiger partial charge >= 0.3 is 0 Å². The fraction of sp³-hybridized carbons (Fsp3) is 1.00. The van der Waals surface area contributed by atoms with Gasteiger partial charge in [0.05, 0.1) is 4.75 Å². The van der Waals surface area contributed by atoms with Crippen LogP contribution in [0.5, 0.6) is 0 Å². The van der Waals surface area contributed by atoms with E-state index in [1.54, 1.807) is 25.1 Å². The molecule has 4 nitrogen and oxygen atoms in total. The van der Waals surface area contributed by atoms with Crippen LogP contribution in [0.2, 0.25) is 0 Å². The molecule has 0 aromatic carbocycles. The van der Waals surface area contributed by atoms with Crippen molar-refractivity contribution in [3.63, 3.8) is 0 Å². The number of hydrogen-bond donors (Lipinski definition) is 1. The summed E-state index contributed by atoms with van der Waals surface area (Å²) in [4.78, 5) is 0. The molecule has 5 heteroatoms. The maximum Gasteiger partial charge on any atom is 0.219 e. The SMILES string of the molecule is CCC1CCC(CN)(N(CC)S(=O)(=O)C(C)(C)C)CC1. The Labute approximate surface area is 125 Å². The van der Waals surface area contributed by atoms with E-state index in [-0.39, 0.29) is 5.54 Å². The summed E-state index contributed by atoms with van der Waals surface area (Å²) in [6.07, 6.45) is 5.14. The van der Waals surface area contributed by atoms with E-state index in [9.17, 15) is 8.42 Å². The Morgan fingerprint density at radius 3 is 2.00 bits per heavy atom. The standard InChI is InChI=1S/C15H32N2O2S/c1-6-13-8-10-15(12-16,11-9-13)17(7-2)20(18,19)14(3,4)5/h13H,6-12,16H2,1-5H3. The largest absolute Gasteiger partial charge is 0.329 e. The second-order valence-corrected chi connectivity index (χ2v) is 9.68. The lowest BCUT2D eigenvalue weighted by Gasteiger charge is -2.48. The van der Waals surface area contributed by atoms with Gasteiger partial charge in [0.25, 0.3) is 0 Å². The minimum atomic E-state index is -3.33. The molecule has 0 saturated heterocycles. The first-order valence-electron chi connectivity index (χ1n) is 7.87. The molecule has 2 N–H and O–H groups in total. The number of hydrogen-bond acceptors (Lipinski definition) is 3. The van der Waals surface area contributed by atoms with Crippen LogP contribution in [0, 0.1) is 5.92 Å². The molecular weight excluding hydrogens is 272 g/mol. The summed E-state index contributed by atoms with van der Waals surface area (Å²) < 4.78 is 26.7. The number of nitrogens with zero attached hydrogens (tertiary/aromatic N) is 1. The summed E-state index contributed by atoms with van der Waals surface area (Å²) >= 11 is 0. The van der Waals surface area contributed by atoms with Crippen LogP contribution >= 0.6 is 0 Å². The van der Waals surface area contributed by atoms with Crippen molar-refractivity contribution in [3.8, 4) is 0 Å². The Bertz CT molecular complexity index is 404. The van der Waals surface area contributed by atoms with Crippen LogP contribution in [0.15, 0.2) is 0 Å². The zero-order chi connectivity index (χ0) is 15.6. The van der Waals surface area contributed by atoms with Gasteiger partial charge in [0.2, 0.25) is 10.0 Å². The highest BCUT2D eigenvalue weighted by molar-refractivity contribution is 7.90. The van der Waals surface area contributed by atoms with Crippen molar-refractivity contribution >= 4 is 10.0 Å². The summed E-state index contributed by atoms with van der Waals surface area (Å²) in [6.45, 7) is 10.4. The Morgan fingerprint density at radius 1 is 1.20 bits per heavy atom. The fourth-order valence-corrected chi connectivity index (χ4v) is 5.04. The molecule has 1 aliphatic carbocycles. The molecule has 20 heavy (non-hydrogen) atoms. The van der Waals surface area contributed by atoms with Crippen molar-refractivity contribution in [2.24, 2.45) is 11.7 Å². The van der Waals surface area contributed by atoms with Crippen molar-refractivity contribution in [2.45, 2.75) is 77.0 Å². The summed E-state index contributed by atoms with van der Waals surface area (Å²) in [5.74, 6) is 0.728. The molecule has 0 aromatic heterocycles. The average Bonchev–Trinajstić information content (AvgIpc) is 2.38. The van der Waals surface area contributed by atoms with Gasteiger partial charge in [0, 0.05) is 18.6 Å². The van der Waals surface area contributed by atoms with Crippen LogP contribution in [0.1, 0.15) is 66.7 Å². The highest BCUT2D eigenvalue weighted by atomic mass is 32.2. The monoisotopic (exact) mass is 304 g/mol. The van der Waals surface area contributed by atoms with Gasteiger partial charge in [-0.25, -0.2) is 8.42 Å². The lowest BCUT2D eigenvalue weighted by atomic mass is 9.75. The normalized spacial score (nSPS) is 28.9. The van der Waals surface area contributed by atoms with Gasteiger partial charge in [-0.05, 0) is 52.4 Å². The molecule has 0 bridgehead atoms. The molecule has 0 aromatic rings. The molecule has 120 valence electrons. The Morgan fingerprint density at radius 2 is 1.70 bits per heavy atom. The first kappa shape index (κ1) is 17.9. The van der Waals surface area contributed by atoms with E-state index >= 15 is 0 Å². The third-order valence-corrected chi connectivity index (χ3v) is 7.65. The molecule has 0 spiro atoms. The van der Waals surface area contributed by atoms with E-state index in [1.807, 2.05) is 6.92 Å². The molecule has 1 fully saturated rings. The van der Waals surface area contributed by atoms with Gasteiger partial charge in [-0.3, -0.25) is 0 Å². The second kappa shape index (κ2) is 6.32. The highest BCUT2D eigenvalue weighted by Crippen LogP contribution is 2.40. The maximum atomic E-state index is 12.9. The Hall–Kier alpha value is -0.130. The molecule has 0 amide bonds. The number of sulfonamides is 1. The summed E-state index contributed by atoms with van der Waals surface area (Å²) in [5.41, 5.74) is 5.67. The van der Waals surface area contributed by atoms with Crippen LogP contribution in [0.25, 0.3) is 0 Å². The third kappa shape index (κ3) is 3.20. The van der Waals surface area contributed by atoms with Gasteiger partial charge in [0.15, 0.2) is 0 Å². The highest BCUT2D eigenvalue weighted by Gasteiger charge is 2.47. The second-order valence-electron chi connectivity index (χ2n) is 7.06. The van der Waals surface area contributed by atoms with Crippen LogP contribution in [-0.2, 0) is 10.0 Å². The van der Waals surface area contributed by atoms with E-state index in [2.05, 4.69) is 6.92 Å². The number of likely N-dealkylation sites (N-methyl/N-ethyl adjacent to an activating group) is 1. The van der Waals surface area contributed by atoms with Crippen molar-refractivity contribution in [1.82, 2.24) is 4.31 Å². The van der Waals surface area contributed by atoms with Crippen LogP contribution in [-0.4, -0.2) is 36.1 Å². The predicted octanol–water partition coefficient (Wildman–Crippen LogP) is 2.73. The van der Waals surface area contributed by atoms with Gasteiger partial charge in [0.1, 0.15) is 0 Å². The molecule has 1 aliphatic rings. The van der Waals surface area contributed by atoms with Gasteiger partial charge in [-0.15, -0.1) is 0 Å². The Kier molecular flexibility index (Phi) is 5.67. The quantitative estimate of drug-likeness (QED) is 0.849. The van der Waals surface area contributed by atoms with Crippen molar-refractivity contribution in [2.75, 3.05) is 13.1 Å². The minimum absolute atomic E-state index is 0.369. The van der Waals surface area contributed by atoms with E-state index in [4.69, 9.17) is 5.73 Å². The topological polar surface area (TPSA) is 63.4 Å². The van der Waals surface area contributed by atoms with Crippen molar-refractivity contribution in [1.29, 1.82) is 0 Å². The third-order valence-electron chi connectivity index (χ3n) is 4.87. The average molecular weight is 305 g/mol. The van der Waals surface area contributed by atoms with E-state index in [0.717, 1.165) is 31.6 Å².